The highest BCUT2D eigenvalue weighted by atomic mass is 19.1. The number of carbonyl (C=O) groups excluding carboxylic acids is 1. The number of hydrogen-bond acceptors (Lipinski definition) is 2. The molecule has 0 saturated carbocycles. The Bertz CT molecular complexity index is 782. The van der Waals surface area contributed by atoms with Crippen LogP contribution in [0.15, 0.2) is 84.9 Å². The number of rotatable bonds is 6. The van der Waals surface area contributed by atoms with Gasteiger partial charge in [0, 0.05) is 0 Å². The van der Waals surface area contributed by atoms with E-state index in [9.17, 15) is 9.18 Å². The summed E-state index contributed by atoms with van der Waals surface area (Å²) in [6, 6.07) is 25.6. The number of halogens is 1. The van der Waals surface area contributed by atoms with Crippen molar-refractivity contribution in [3.05, 3.63) is 102 Å². The Morgan fingerprint density at radius 1 is 0.800 bits per heavy atom. The molecule has 4 heteroatoms. The Balaban J connectivity index is 1.72. The first-order valence-corrected chi connectivity index (χ1v) is 8.11. The highest BCUT2D eigenvalue weighted by Gasteiger charge is 2.16. The molecule has 0 radical (unpaired) electrons. The molecule has 25 heavy (non-hydrogen) atoms. The van der Waals surface area contributed by atoms with Gasteiger partial charge in [-0.3, -0.25) is 4.79 Å². The number of carbonyl (C=O) groups is 1. The van der Waals surface area contributed by atoms with Crippen LogP contribution in [0.4, 0.5) is 10.1 Å². The molecule has 3 aromatic rings. The zero-order valence-electron chi connectivity index (χ0n) is 13.7. The summed E-state index contributed by atoms with van der Waals surface area (Å²) in [5.41, 5.74) is 2.30. The Morgan fingerprint density at radius 3 is 1.88 bits per heavy atom. The van der Waals surface area contributed by atoms with Crippen LogP contribution in [0.5, 0.6) is 0 Å². The van der Waals surface area contributed by atoms with Gasteiger partial charge in [0.1, 0.15) is 5.82 Å². The fourth-order valence-corrected chi connectivity index (χ4v) is 2.64. The molecular weight excluding hydrogens is 315 g/mol. The van der Waals surface area contributed by atoms with E-state index in [1.807, 2.05) is 60.7 Å². The second-order valence-electron chi connectivity index (χ2n) is 5.66. The monoisotopic (exact) mass is 334 g/mol. The first-order chi connectivity index (χ1) is 12.2. The van der Waals surface area contributed by atoms with Gasteiger partial charge in [-0.15, -0.1) is 0 Å². The molecule has 1 amide bonds. The van der Waals surface area contributed by atoms with Crippen molar-refractivity contribution in [2.75, 3.05) is 11.9 Å². The molecule has 3 nitrogen and oxygen atoms in total. The summed E-state index contributed by atoms with van der Waals surface area (Å²) in [4.78, 5) is 12.4. The maximum absolute atomic E-state index is 13.6. The van der Waals surface area contributed by atoms with Gasteiger partial charge >= 0.3 is 0 Å². The predicted molar refractivity (Wildman–Crippen MR) is 97.8 cm³/mol. The molecule has 0 aromatic heterocycles. The van der Waals surface area contributed by atoms with E-state index < -0.39 is 0 Å². The molecule has 3 aromatic carbocycles. The standard InChI is InChI=1S/C21H19FN2O/c22-18-13-7-8-14-19(18)23-15-20(25)24-21(16-9-3-1-4-10-16)17-11-5-2-6-12-17/h1-14,21,23H,15H2,(H,24,25). The smallest absolute Gasteiger partial charge is 0.240 e. The molecule has 0 unspecified atom stereocenters. The minimum atomic E-state index is -0.377. The fraction of sp³-hybridized carbons (Fsp3) is 0.0952. The minimum Gasteiger partial charge on any atom is -0.374 e. The van der Waals surface area contributed by atoms with Crippen molar-refractivity contribution in [3.8, 4) is 0 Å². The molecule has 3 rings (SSSR count). The Labute approximate surface area is 146 Å². The average Bonchev–Trinajstić information content (AvgIpc) is 2.67. The Kier molecular flexibility index (Phi) is 5.42. The highest BCUT2D eigenvalue weighted by Crippen LogP contribution is 2.21. The van der Waals surface area contributed by atoms with Crippen LogP contribution in [0.25, 0.3) is 0 Å². The molecule has 0 aliphatic rings. The Morgan fingerprint density at radius 2 is 1.32 bits per heavy atom. The molecule has 0 aliphatic heterocycles. The van der Waals surface area contributed by atoms with Crippen LogP contribution in [0.1, 0.15) is 17.2 Å². The number of amides is 1. The Hall–Kier alpha value is -3.14. The summed E-state index contributed by atoms with van der Waals surface area (Å²) in [6.07, 6.45) is 0. The summed E-state index contributed by atoms with van der Waals surface area (Å²) in [7, 11) is 0. The summed E-state index contributed by atoms with van der Waals surface area (Å²) in [5, 5.41) is 5.85. The van der Waals surface area contributed by atoms with Crippen LogP contribution in [-0.4, -0.2) is 12.5 Å². The third kappa shape index (κ3) is 4.44. The van der Waals surface area contributed by atoms with Crippen molar-refractivity contribution >= 4 is 11.6 Å². The van der Waals surface area contributed by atoms with Crippen molar-refractivity contribution < 1.29 is 9.18 Å². The molecule has 2 N–H and O–H groups in total. The van der Waals surface area contributed by atoms with Crippen LogP contribution < -0.4 is 10.6 Å². The van der Waals surface area contributed by atoms with Crippen LogP contribution in [0, 0.1) is 5.82 Å². The maximum Gasteiger partial charge on any atom is 0.240 e. The number of nitrogens with one attached hydrogen (secondary N) is 2. The molecule has 126 valence electrons. The van der Waals surface area contributed by atoms with E-state index in [2.05, 4.69) is 10.6 Å². The molecule has 0 bridgehead atoms. The van der Waals surface area contributed by atoms with Crippen molar-refractivity contribution in [1.29, 1.82) is 0 Å². The molecule has 0 atom stereocenters. The van der Waals surface area contributed by atoms with Crippen molar-refractivity contribution in [3.63, 3.8) is 0 Å². The second-order valence-corrected chi connectivity index (χ2v) is 5.66. The molecular formula is C21H19FN2O. The summed E-state index contributed by atoms with van der Waals surface area (Å²) in [6.45, 7) is -0.00288. The highest BCUT2D eigenvalue weighted by molar-refractivity contribution is 5.81. The summed E-state index contributed by atoms with van der Waals surface area (Å²) < 4.78 is 13.6. The first-order valence-electron chi connectivity index (χ1n) is 8.11. The molecule has 0 heterocycles. The third-order valence-electron chi connectivity index (χ3n) is 3.88. The first kappa shape index (κ1) is 16.7. The molecule has 0 aliphatic carbocycles. The zero-order valence-corrected chi connectivity index (χ0v) is 13.7. The average molecular weight is 334 g/mol. The van der Waals surface area contributed by atoms with Gasteiger partial charge in [0.2, 0.25) is 5.91 Å². The van der Waals surface area contributed by atoms with Crippen LogP contribution in [-0.2, 0) is 4.79 Å². The van der Waals surface area contributed by atoms with Gasteiger partial charge in [0.05, 0.1) is 18.3 Å². The van der Waals surface area contributed by atoms with E-state index >= 15 is 0 Å². The van der Waals surface area contributed by atoms with Gasteiger partial charge in [-0.1, -0.05) is 72.8 Å². The normalized spacial score (nSPS) is 10.5. The lowest BCUT2D eigenvalue weighted by molar-refractivity contribution is -0.119. The molecule has 0 fully saturated rings. The lowest BCUT2D eigenvalue weighted by atomic mass is 9.99. The summed E-state index contributed by atoms with van der Waals surface area (Å²) >= 11 is 0. The van der Waals surface area contributed by atoms with Gasteiger partial charge < -0.3 is 10.6 Å². The molecule has 0 spiro atoms. The number of anilines is 1. The van der Waals surface area contributed by atoms with Crippen LogP contribution in [0.2, 0.25) is 0 Å². The number of benzene rings is 3. The van der Waals surface area contributed by atoms with Crippen molar-refractivity contribution in [1.82, 2.24) is 5.32 Å². The van der Waals surface area contributed by atoms with Crippen LogP contribution in [0.3, 0.4) is 0 Å². The van der Waals surface area contributed by atoms with E-state index in [0.29, 0.717) is 5.69 Å². The topological polar surface area (TPSA) is 41.1 Å². The van der Waals surface area contributed by atoms with Crippen LogP contribution >= 0.6 is 0 Å². The number of hydrogen-bond donors (Lipinski definition) is 2. The second kappa shape index (κ2) is 8.11. The minimum absolute atomic E-state index is 0.00288. The van der Waals surface area contributed by atoms with Gasteiger partial charge in [0.25, 0.3) is 0 Å². The van der Waals surface area contributed by atoms with Crippen molar-refractivity contribution in [2.24, 2.45) is 0 Å². The fourth-order valence-electron chi connectivity index (χ4n) is 2.64. The summed E-state index contributed by atoms with van der Waals surface area (Å²) in [5.74, 6) is -0.584. The lowest BCUT2D eigenvalue weighted by Gasteiger charge is -2.20. The van der Waals surface area contributed by atoms with Gasteiger partial charge in [0.15, 0.2) is 0 Å². The van der Waals surface area contributed by atoms with Gasteiger partial charge in [-0.05, 0) is 23.3 Å². The van der Waals surface area contributed by atoms with E-state index in [1.165, 1.54) is 6.07 Å². The van der Waals surface area contributed by atoms with E-state index in [-0.39, 0.29) is 24.3 Å². The number of para-hydroxylation sites is 1. The van der Waals surface area contributed by atoms with Gasteiger partial charge in [-0.25, -0.2) is 4.39 Å². The quantitative estimate of drug-likeness (QED) is 0.711. The maximum atomic E-state index is 13.6. The van der Waals surface area contributed by atoms with E-state index in [1.54, 1.807) is 18.2 Å². The van der Waals surface area contributed by atoms with Crippen molar-refractivity contribution in [2.45, 2.75) is 6.04 Å². The van der Waals surface area contributed by atoms with Gasteiger partial charge in [-0.2, -0.15) is 0 Å². The zero-order chi connectivity index (χ0) is 17.5. The predicted octanol–water partition coefficient (Wildman–Crippen LogP) is 4.14. The van der Waals surface area contributed by atoms with E-state index in [0.717, 1.165) is 11.1 Å². The van der Waals surface area contributed by atoms with E-state index in [4.69, 9.17) is 0 Å². The molecule has 0 saturated heterocycles. The lowest BCUT2D eigenvalue weighted by Crippen LogP contribution is -2.34. The third-order valence-corrected chi connectivity index (χ3v) is 3.88. The SMILES string of the molecule is O=C(CNc1ccccc1F)NC(c1ccccc1)c1ccccc1. The largest absolute Gasteiger partial charge is 0.374 e.